The molecule has 0 bridgehead atoms. The highest BCUT2D eigenvalue weighted by atomic mass is 35.5. The summed E-state index contributed by atoms with van der Waals surface area (Å²) >= 11 is 5.80. The van der Waals surface area contributed by atoms with Crippen LogP contribution >= 0.6 is 11.6 Å². The Kier molecular flexibility index (Phi) is 5.62. The van der Waals surface area contributed by atoms with Gasteiger partial charge in [0.2, 0.25) is 0 Å². The largest absolute Gasteiger partial charge is 0.468 e. The lowest BCUT2D eigenvalue weighted by Crippen LogP contribution is -2.31. The summed E-state index contributed by atoms with van der Waals surface area (Å²) in [7, 11) is -3.92. The van der Waals surface area contributed by atoms with Gasteiger partial charge in [-0.15, -0.1) is 0 Å². The Balaban J connectivity index is 1.85. The van der Waals surface area contributed by atoms with Crippen LogP contribution in [0.15, 0.2) is 76.2 Å². The lowest BCUT2D eigenvalue weighted by molar-refractivity contribution is 0.0953. The molecule has 0 aliphatic carbocycles. The molecule has 0 saturated carbocycles. The number of nitrogens with one attached hydrogen (secondary N) is 1. The molecule has 3 rings (SSSR count). The van der Waals surface area contributed by atoms with Crippen LogP contribution in [0.4, 0.5) is 4.39 Å². The molecule has 1 atom stereocenters. The van der Waals surface area contributed by atoms with Crippen molar-refractivity contribution < 1.29 is 22.0 Å². The van der Waals surface area contributed by atoms with Crippen LogP contribution in [-0.2, 0) is 9.84 Å². The summed E-state index contributed by atoms with van der Waals surface area (Å²) in [5.41, 5.74) is 0.344. The minimum Gasteiger partial charge on any atom is -0.468 e. The molecule has 0 spiro atoms. The molecule has 5 nitrogen and oxygen atoms in total. The maximum atomic E-state index is 13.1. The molecular weight excluding hydrogens is 393 g/mol. The second-order valence-electron chi connectivity index (χ2n) is 5.72. The van der Waals surface area contributed by atoms with Gasteiger partial charge in [-0.05, 0) is 60.7 Å². The van der Waals surface area contributed by atoms with Crippen molar-refractivity contribution in [3.05, 3.63) is 89.1 Å². The van der Waals surface area contributed by atoms with Crippen molar-refractivity contribution in [3.8, 4) is 0 Å². The zero-order valence-electron chi connectivity index (χ0n) is 13.9. The maximum Gasteiger partial charge on any atom is 0.251 e. The Morgan fingerprint density at radius 3 is 2.33 bits per heavy atom. The van der Waals surface area contributed by atoms with Crippen molar-refractivity contribution in [3.63, 3.8) is 0 Å². The van der Waals surface area contributed by atoms with E-state index in [9.17, 15) is 17.6 Å². The lowest BCUT2D eigenvalue weighted by Gasteiger charge is -2.17. The third-order valence-corrected chi connectivity index (χ3v) is 6.26. The number of amides is 1. The summed E-state index contributed by atoms with van der Waals surface area (Å²) in [5.74, 6) is -0.812. The predicted molar refractivity (Wildman–Crippen MR) is 98.8 cm³/mol. The average molecular weight is 408 g/mol. The monoisotopic (exact) mass is 407 g/mol. The predicted octanol–water partition coefficient (Wildman–Crippen LogP) is 4.02. The molecule has 0 aliphatic heterocycles. The topological polar surface area (TPSA) is 76.4 Å². The normalized spacial score (nSPS) is 12.5. The molecule has 0 fully saturated rings. The number of furan rings is 1. The van der Waals surface area contributed by atoms with E-state index in [2.05, 4.69) is 5.32 Å². The smallest absolute Gasteiger partial charge is 0.251 e. The first-order valence-electron chi connectivity index (χ1n) is 7.94. The molecule has 2 aromatic carbocycles. The van der Waals surface area contributed by atoms with Crippen LogP contribution in [0.2, 0.25) is 5.02 Å². The average Bonchev–Trinajstić information content (AvgIpc) is 3.16. The number of carbonyl (C=O) groups is 1. The van der Waals surface area contributed by atoms with Gasteiger partial charge in [0.25, 0.3) is 5.91 Å². The van der Waals surface area contributed by atoms with Crippen LogP contribution in [-0.4, -0.2) is 20.9 Å². The minimum atomic E-state index is -3.92. The fourth-order valence-electron chi connectivity index (χ4n) is 2.51. The molecule has 0 radical (unpaired) electrons. The van der Waals surface area contributed by atoms with Gasteiger partial charge in [0.1, 0.15) is 16.8 Å². The fraction of sp³-hybridized carbons (Fsp3) is 0.105. The van der Waals surface area contributed by atoms with E-state index >= 15 is 0 Å². The standard InChI is InChI=1S/C19H15ClFNO4S/c20-14-5-3-13(4-6-14)19(23)22-12-18(17-2-1-11-26-17)27(24,25)16-9-7-15(21)8-10-16/h1-11,18H,12H2,(H,22,23). The van der Waals surface area contributed by atoms with E-state index in [0.717, 1.165) is 12.1 Å². The van der Waals surface area contributed by atoms with Gasteiger partial charge in [0.15, 0.2) is 9.84 Å². The van der Waals surface area contributed by atoms with Gasteiger partial charge in [0.05, 0.1) is 11.2 Å². The summed E-state index contributed by atoms with van der Waals surface area (Å²) in [6.45, 7) is -0.214. The first kappa shape index (κ1) is 19.1. The van der Waals surface area contributed by atoms with Crippen molar-refractivity contribution in [1.29, 1.82) is 0 Å². The Bertz CT molecular complexity index is 1020. The number of halogens is 2. The van der Waals surface area contributed by atoms with Crippen LogP contribution in [0.5, 0.6) is 0 Å². The number of rotatable bonds is 6. The molecule has 1 heterocycles. The van der Waals surface area contributed by atoms with E-state index in [1.54, 1.807) is 18.2 Å². The molecule has 1 unspecified atom stereocenters. The molecule has 0 saturated heterocycles. The van der Waals surface area contributed by atoms with Gasteiger partial charge in [-0.25, -0.2) is 12.8 Å². The van der Waals surface area contributed by atoms with E-state index in [-0.39, 0.29) is 17.2 Å². The summed E-state index contributed by atoms with van der Waals surface area (Å²) in [5, 5.41) is 1.93. The molecule has 3 aromatic rings. The quantitative estimate of drug-likeness (QED) is 0.626. The summed E-state index contributed by atoms with van der Waals surface area (Å²) in [4.78, 5) is 12.2. The van der Waals surface area contributed by atoms with E-state index in [4.69, 9.17) is 16.0 Å². The summed E-state index contributed by atoms with van der Waals surface area (Å²) < 4.78 is 44.4. The zero-order chi connectivity index (χ0) is 19.4. The van der Waals surface area contributed by atoms with Crippen molar-refractivity contribution in [1.82, 2.24) is 5.32 Å². The highest BCUT2D eigenvalue weighted by molar-refractivity contribution is 7.91. The van der Waals surface area contributed by atoms with Crippen LogP contribution in [0.3, 0.4) is 0 Å². The van der Waals surface area contributed by atoms with Gasteiger partial charge < -0.3 is 9.73 Å². The summed E-state index contributed by atoms with van der Waals surface area (Å²) in [6.07, 6.45) is 1.35. The molecular formula is C19H15ClFNO4S. The van der Waals surface area contributed by atoms with Crippen LogP contribution < -0.4 is 5.32 Å². The second kappa shape index (κ2) is 7.94. The third kappa shape index (κ3) is 4.37. The van der Waals surface area contributed by atoms with Crippen molar-refractivity contribution in [2.75, 3.05) is 6.54 Å². The van der Waals surface area contributed by atoms with Crippen LogP contribution in [0.1, 0.15) is 21.4 Å². The number of hydrogen-bond donors (Lipinski definition) is 1. The molecule has 1 aromatic heterocycles. The SMILES string of the molecule is O=C(NCC(c1ccco1)S(=O)(=O)c1ccc(F)cc1)c1ccc(Cl)cc1. The molecule has 1 N–H and O–H groups in total. The van der Waals surface area contributed by atoms with Crippen molar-refractivity contribution >= 4 is 27.3 Å². The van der Waals surface area contributed by atoms with Crippen LogP contribution in [0.25, 0.3) is 0 Å². The molecule has 1 amide bonds. The highest BCUT2D eigenvalue weighted by Crippen LogP contribution is 2.29. The number of hydrogen-bond acceptors (Lipinski definition) is 4. The van der Waals surface area contributed by atoms with Gasteiger partial charge in [0, 0.05) is 17.1 Å². The number of sulfone groups is 1. The first-order chi connectivity index (χ1) is 12.9. The highest BCUT2D eigenvalue weighted by Gasteiger charge is 2.32. The van der Waals surface area contributed by atoms with E-state index < -0.39 is 26.8 Å². The maximum absolute atomic E-state index is 13.1. The molecule has 8 heteroatoms. The Morgan fingerprint density at radius 2 is 1.74 bits per heavy atom. The lowest BCUT2D eigenvalue weighted by atomic mass is 10.2. The van der Waals surface area contributed by atoms with Gasteiger partial charge in [-0.3, -0.25) is 4.79 Å². The zero-order valence-corrected chi connectivity index (χ0v) is 15.5. The van der Waals surface area contributed by atoms with Crippen molar-refractivity contribution in [2.24, 2.45) is 0 Å². The van der Waals surface area contributed by atoms with E-state index in [1.165, 1.54) is 36.6 Å². The third-order valence-electron chi connectivity index (χ3n) is 3.93. The van der Waals surface area contributed by atoms with Crippen molar-refractivity contribution in [2.45, 2.75) is 10.1 Å². The molecule has 27 heavy (non-hydrogen) atoms. The van der Waals surface area contributed by atoms with Gasteiger partial charge in [-0.2, -0.15) is 0 Å². The number of benzene rings is 2. The molecule has 0 aliphatic rings. The van der Waals surface area contributed by atoms with Gasteiger partial charge >= 0.3 is 0 Å². The van der Waals surface area contributed by atoms with E-state index in [1.807, 2.05) is 0 Å². The molecule has 140 valence electrons. The fourth-order valence-corrected chi connectivity index (χ4v) is 4.23. The first-order valence-corrected chi connectivity index (χ1v) is 9.87. The van der Waals surface area contributed by atoms with E-state index in [0.29, 0.717) is 10.6 Å². The Morgan fingerprint density at radius 1 is 1.07 bits per heavy atom. The minimum absolute atomic E-state index is 0.0639. The Labute approximate surface area is 160 Å². The van der Waals surface area contributed by atoms with Crippen LogP contribution in [0, 0.1) is 5.82 Å². The number of carbonyl (C=O) groups excluding carboxylic acids is 1. The summed E-state index contributed by atoms with van der Waals surface area (Å²) in [6, 6.07) is 13.8. The second-order valence-corrected chi connectivity index (χ2v) is 8.29. The Hall–Kier alpha value is -2.64. The van der Waals surface area contributed by atoms with Gasteiger partial charge in [-0.1, -0.05) is 11.6 Å².